The number of aromatic nitrogens is 1. The van der Waals surface area contributed by atoms with Crippen molar-refractivity contribution in [2.45, 2.75) is 33.2 Å². The van der Waals surface area contributed by atoms with E-state index < -0.39 is 0 Å². The molecule has 0 amide bonds. The van der Waals surface area contributed by atoms with Gasteiger partial charge in [-0.25, -0.2) is 0 Å². The van der Waals surface area contributed by atoms with Crippen molar-refractivity contribution >= 4 is 0 Å². The van der Waals surface area contributed by atoms with Crippen molar-refractivity contribution in [3.05, 3.63) is 29.6 Å². The lowest BCUT2D eigenvalue weighted by Gasteiger charge is -2.14. The smallest absolute Gasteiger partial charge is 0.0544 e. The quantitative estimate of drug-likeness (QED) is 0.740. The number of nitrogens with one attached hydrogen (secondary N) is 1. The Kier molecular flexibility index (Phi) is 6.04. The van der Waals surface area contributed by atoms with Gasteiger partial charge in [-0.3, -0.25) is 4.98 Å². The molecule has 3 heteroatoms. The summed E-state index contributed by atoms with van der Waals surface area (Å²) in [6, 6.07) is 6.07. The highest BCUT2D eigenvalue weighted by Crippen LogP contribution is 2.06. The van der Waals surface area contributed by atoms with E-state index >= 15 is 0 Å². The second kappa shape index (κ2) is 7.36. The number of aliphatic hydroxyl groups excluding tert-OH is 1. The zero-order valence-electron chi connectivity index (χ0n) is 10.2. The van der Waals surface area contributed by atoms with Crippen LogP contribution in [0.3, 0.4) is 0 Å². The van der Waals surface area contributed by atoms with Crippen LogP contribution in [0.5, 0.6) is 0 Å². The molecule has 90 valence electrons. The molecule has 1 heterocycles. The number of aryl methyl sites for hydroxylation is 1. The lowest BCUT2D eigenvalue weighted by Crippen LogP contribution is -2.23. The summed E-state index contributed by atoms with van der Waals surface area (Å²) in [7, 11) is 0. The third-order valence-corrected chi connectivity index (χ3v) is 2.80. The molecule has 1 aromatic heterocycles. The van der Waals surface area contributed by atoms with Crippen LogP contribution < -0.4 is 5.32 Å². The Bertz CT molecular complexity index is 302. The lowest BCUT2D eigenvalue weighted by molar-refractivity contribution is 0.251. The minimum absolute atomic E-state index is 0.281. The second-order valence-electron chi connectivity index (χ2n) is 4.19. The van der Waals surface area contributed by atoms with E-state index in [-0.39, 0.29) is 6.61 Å². The number of aliphatic hydroxyl groups is 1. The van der Waals surface area contributed by atoms with E-state index in [9.17, 15) is 0 Å². The topological polar surface area (TPSA) is 45.1 Å². The van der Waals surface area contributed by atoms with Gasteiger partial charge in [0.2, 0.25) is 0 Å². The van der Waals surface area contributed by atoms with E-state index in [2.05, 4.69) is 17.2 Å². The number of rotatable bonds is 7. The van der Waals surface area contributed by atoms with Crippen molar-refractivity contribution in [2.24, 2.45) is 5.92 Å². The van der Waals surface area contributed by atoms with Crippen molar-refractivity contribution in [3.63, 3.8) is 0 Å². The first-order chi connectivity index (χ1) is 7.76. The Morgan fingerprint density at radius 1 is 1.44 bits per heavy atom. The van der Waals surface area contributed by atoms with Crippen LogP contribution in [0.2, 0.25) is 0 Å². The highest BCUT2D eigenvalue weighted by Gasteiger charge is 2.04. The van der Waals surface area contributed by atoms with Crippen LogP contribution in [0.1, 0.15) is 31.2 Å². The Labute approximate surface area is 97.9 Å². The summed E-state index contributed by atoms with van der Waals surface area (Å²) in [5.41, 5.74) is 2.14. The molecule has 3 nitrogen and oxygen atoms in total. The van der Waals surface area contributed by atoms with Crippen LogP contribution in [-0.2, 0) is 6.54 Å². The van der Waals surface area contributed by atoms with Gasteiger partial charge >= 0.3 is 0 Å². The van der Waals surface area contributed by atoms with E-state index in [1.807, 2.05) is 25.1 Å². The molecule has 0 aliphatic rings. The van der Waals surface area contributed by atoms with Crippen molar-refractivity contribution in [1.82, 2.24) is 10.3 Å². The van der Waals surface area contributed by atoms with Crippen molar-refractivity contribution in [2.75, 3.05) is 13.2 Å². The summed E-state index contributed by atoms with van der Waals surface area (Å²) in [5.74, 6) is 0.565. The first-order valence-corrected chi connectivity index (χ1v) is 6.00. The van der Waals surface area contributed by atoms with Gasteiger partial charge in [-0.05, 0) is 37.9 Å². The Morgan fingerprint density at radius 3 is 2.88 bits per heavy atom. The molecular formula is C13H22N2O. The summed E-state index contributed by atoms with van der Waals surface area (Å²) in [5, 5.41) is 12.3. The predicted molar refractivity (Wildman–Crippen MR) is 66.2 cm³/mol. The van der Waals surface area contributed by atoms with Gasteiger partial charge < -0.3 is 10.4 Å². The summed E-state index contributed by atoms with van der Waals surface area (Å²) in [4.78, 5) is 4.43. The average Bonchev–Trinajstić information content (AvgIpc) is 2.28. The standard InChI is InChI=1S/C13H22N2O/c1-3-12(7-8-16)9-14-10-13-6-4-5-11(2)15-13/h4-6,12,14,16H,3,7-10H2,1-2H3. The van der Waals surface area contributed by atoms with Gasteiger partial charge in [-0.2, -0.15) is 0 Å². The van der Waals surface area contributed by atoms with Crippen molar-refractivity contribution in [1.29, 1.82) is 0 Å². The van der Waals surface area contributed by atoms with Gasteiger partial charge in [-0.1, -0.05) is 19.4 Å². The van der Waals surface area contributed by atoms with E-state index in [4.69, 9.17) is 5.11 Å². The second-order valence-corrected chi connectivity index (χ2v) is 4.19. The van der Waals surface area contributed by atoms with Crippen LogP contribution in [0, 0.1) is 12.8 Å². The summed E-state index contributed by atoms with van der Waals surface area (Å²) >= 11 is 0. The van der Waals surface area contributed by atoms with Crippen LogP contribution >= 0.6 is 0 Å². The molecule has 0 aliphatic carbocycles. The molecule has 0 aromatic carbocycles. The van der Waals surface area contributed by atoms with Crippen molar-refractivity contribution in [3.8, 4) is 0 Å². The fraction of sp³-hybridized carbons (Fsp3) is 0.615. The van der Waals surface area contributed by atoms with Gasteiger partial charge in [0.1, 0.15) is 0 Å². The van der Waals surface area contributed by atoms with Crippen LogP contribution in [0.15, 0.2) is 18.2 Å². The molecule has 0 saturated heterocycles. The molecular weight excluding hydrogens is 200 g/mol. The molecule has 0 spiro atoms. The largest absolute Gasteiger partial charge is 0.396 e. The Morgan fingerprint density at radius 2 is 2.25 bits per heavy atom. The number of pyridine rings is 1. The minimum Gasteiger partial charge on any atom is -0.396 e. The van der Waals surface area contributed by atoms with Crippen LogP contribution in [0.4, 0.5) is 0 Å². The first-order valence-electron chi connectivity index (χ1n) is 6.00. The summed E-state index contributed by atoms with van der Waals surface area (Å²) in [6.45, 7) is 6.20. The third-order valence-electron chi connectivity index (χ3n) is 2.80. The van der Waals surface area contributed by atoms with Gasteiger partial charge in [0.15, 0.2) is 0 Å². The fourth-order valence-electron chi connectivity index (χ4n) is 1.74. The van der Waals surface area contributed by atoms with E-state index in [0.29, 0.717) is 5.92 Å². The molecule has 1 rings (SSSR count). The minimum atomic E-state index is 0.281. The third kappa shape index (κ3) is 4.73. The SMILES string of the molecule is CCC(CCO)CNCc1cccc(C)n1. The van der Waals surface area contributed by atoms with Gasteiger partial charge in [0, 0.05) is 18.8 Å². The number of hydrogen-bond donors (Lipinski definition) is 2. The van der Waals surface area contributed by atoms with Crippen LogP contribution in [-0.4, -0.2) is 23.2 Å². The molecule has 0 fully saturated rings. The maximum atomic E-state index is 8.88. The molecule has 0 bridgehead atoms. The highest BCUT2D eigenvalue weighted by molar-refractivity contribution is 5.09. The van der Waals surface area contributed by atoms with Gasteiger partial charge in [0.05, 0.1) is 5.69 Å². The molecule has 16 heavy (non-hydrogen) atoms. The lowest BCUT2D eigenvalue weighted by atomic mass is 10.0. The van der Waals surface area contributed by atoms with E-state index in [1.54, 1.807) is 0 Å². The molecule has 0 radical (unpaired) electrons. The Hall–Kier alpha value is -0.930. The van der Waals surface area contributed by atoms with E-state index in [0.717, 1.165) is 37.3 Å². The molecule has 0 saturated carbocycles. The molecule has 1 atom stereocenters. The Balaban J connectivity index is 2.29. The van der Waals surface area contributed by atoms with Crippen LogP contribution in [0.25, 0.3) is 0 Å². The van der Waals surface area contributed by atoms with Gasteiger partial charge in [-0.15, -0.1) is 0 Å². The summed E-state index contributed by atoms with van der Waals surface area (Å²) < 4.78 is 0. The normalized spacial score (nSPS) is 12.7. The monoisotopic (exact) mass is 222 g/mol. The molecule has 1 aromatic rings. The fourth-order valence-corrected chi connectivity index (χ4v) is 1.74. The van der Waals surface area contributed by atoms with E-state index in [1.165, 1.54) is 0 Å². The van der Waals surface area contributed by atoms with Crippen molar-refractivity contribution < 1.29 is 5.11 Å². The predicted octanol–water partition coefficient (Wildman–Crippen LogP) is 1.89. The van der Waals surface area contributed by atoms with Gasteiger partial charge in [0.25, 0.3) is 0 Å². The number of nitrogens with zero attached hydrogens (tertiary/aromatic N) is 1. The summed E-state index contributed by atoms with van der Waals surface area (Å²) in [6.07, 6.45) is 1.99. The molecule has 1 unspecified atom stereocenters. The maximum Gasteiger partial charge on any atom is 0.0544 e. The zero-order chi connectivity index (χ0) is 11.8. The maximum absolute atomic E-state index is 8.88. The molecule has 0 aliphatic heterocycles. The first kappa shape index (κ1) is 13.1. The average molecular weight is 222 g/mol. The number of hydrogen-bond acceptors (Lipinski definition) is 3. The highest BCUT2D eigenvalue weighted by atomic mass is 16.3. The molecule has 2 N–H and O–H groups in total. The zero-order valence-corrected chi connectivity index (χ0v) is 10.2.